The molecule has 1 saturated carbocycles. The number of anilines is 1. The standard InChI is InChI=1S/C23H30N6O/c30-23(25-17-8-2-1-3-9-17)29-15-11-19-18(16-29)22(28-13-6-7-14-28)27-21(26-19)20-10-4-5-12-24-20/h4-5,10,12,17H,1-3,6-9,11,13-16H2,(H,25,30). The lowest BCUT2D eigenvalue weighted by atomic mass is 9.95. The fraction of sp³-hybridized carbons (Fsp3) is 0.565. The van der Waals surface area contributed by atoms with Crippen molar-refractivity contribution in [2.45, 2.75) is 64.0 Å². The van der Waals surface area contributed by atoms with Crippen molar-refractivity contribution in [2.75, 3.05) is 24.5 Å². The van der Waals surface area contributed by atoms with Crippen LogP contribution >= 0.6 is 0 Å². The van der Waals surface area contributed by atoms with E-state index in [-0.39, 0.29) is 6.03 Å². The van der Waals surface area contributed by atoms with Gasteiger partial charge in [0.1, 0.15) is 11.5 Å². The quantitative estimate of drug-likeness (QED) is 0.844. The molecule has 4 heterocycles. The Morgan fingerprint density at radius 2 is 1.83 bits per heavy atom. The molecule has 2 aromatic rings. The first-order valence-electron chi connectivity index (χ1n) is 11.4. The molecule has 2 aliphatic heterocycles. The van der Waals surface area contributed by atoms with Gasteiger partial charge in [0, 0.05) is 43.9 Å². The molecule has 7 nitrogen and oxygen atoms in total. The topological polar surface area (TPSA) is 74.2 Å². The first kappa shape index (κ1) is 19.3. The SMILES string of the molecule is O=C(NC1CCCCC1)N1CCc2nc(-c3ccccn3)nc(N3CCCC3)c2C1. The molecule has 5 rings (SSSR count). The Morgan fingerprint density at radius 3 is 2.60 bits per heavy atom. The number of aromatic nitrogens is 3. The van der Waals surface area contributed by atoms with Crippen molar-refractivity contribution in [1.82, 2.24) is 25.2 Å². The predicted octanol–water partition coefficient (Wildman–Crippen LogP) is 3.54. The molecule has 1 saturated heterocycles. The molecule has 0 spiro atoms. The molecule has 1 aliphatic carbocycles. The van der Waals surface area contributed by atoms with E-state index in [9.17, 15) is 4.79 Å². The zero-order valence-electron chi connectivity index (χ0n) is 17.5. The van der Waals surface area contributed by atoms with E-state index < -0.39 is 0 Å². The fourth-order valence-corrected chi connectivity index (χ4v) is 4.88. The number of carbonyl (C=O) groups excluding carboxylic acids is 1. The summed E-state index contributed by atoms with van der Waals surface area (Å²) in [4.78, 5) is 31.5. The summed E-state index contributed by atoms with van der Waals surface area (Å²) in [6, 6.07) is 6.23. The zero-order valence-corrected chi connectivity index (χ0v) is 17.5. The van der Waals surface area contributed by atoms with Crippen LogP contribution in [0.15, 0.2) is 24.4 Å². The van der Waals surface area contributed by atoms with Crippen molar-refractivity contribution in [1.29, 1.82) is 0 Å². The van der Waals surface area contributed by atoms with Gasteiger partial charge in [-0.1, -0.05) is 25.3 Å². The fourth-order valence-electron chi connectivity index (χ4n) is 4.88. The molecule has 0 aromatic carbocycles. The van der Waals surface area contributed by atoms with Crippen LogP contribution in [0.5, 0.6) is 0 Å². The van der Waals surface area contributed by atoms with Gasteiger partial charge in [-0.3, -0.25) is 4.98 Å². The lowest BCUT2D eigenvalue weighted by Gasteiger charge is -2.33. The Morgan fingerprint density at radius 1 is 1.00 bits per heavy atom. The van der Waals surface area contributed by atoms with E-state index in [1.165, 1.54) is 32.1 Å². The number of rotatable bonds is 3. The van der Waals surface area contributed by atoms with Gasteiger partial charge in [-0.05, 0) is 37.8 Å². The molecule has 3 aliphatic rings. The summed E-state index contributed by atoms with van der Waals surface area (Å²) in [6.07, 6.45) is 10.8. The number of urea groups is 1. The van der Waals surface area contributed by atoms with Gasteiger partial charge in [-0.2, -0.15) is 0 Å². The molecule has 7 heteroatoms. The maximum absolute atomic E-state index is 12.9. The number of hydrogen-bond acceptors (Lipinski definition) is 5. The second kappa shape index (κ2) is 8.58. The van der Waals surface area contributed by atoms with E-state index in [2.05, 4.69) is 15.2 Å². The second-order valence-corrected chi connectivity index (χ2v) is 8.66. The van der Waals surface area contributed by atoms with Crippen LogP contribution < -0.4 is 10.2 Å². The van der Waals surface area contributed by atoms with Gasteiger partial charge in [-0.15, -0.1) is 0 Å². The average molecular weight is 407 g/mol. The summed E-state index contributed by atoms with van der Waals surface area (Å²) >= 11 is 0. The lowest BCUT2D eigenvalue weighted by Crippen LogP contribution is -2.47. The van der Waals surface area contributed by atoms with Crippen LogP contribution in [-0.4, -0.2) is 51.6 Å². The third kappa shape index (κ3) is 3.98. The van der Waals surface area contributed by atoms with Crippen LogP contribution in [0.3, 0.4) is 0 Å². The number of carbonyl (C=O) groups is 1. The molecule has 0 unspecified atom stereocenters. The molecule has 30 heavy (non-hydrogen) atoms. The molecule has 2 fully saturated rings. The van der Waals surface area contributed by atoms with E-state index in [1.807, 2.05) is 23.1 Å². The third-order valence-corrected chi connectivity index (χ3v) is 6.56. The van der Waals surface area contributed by atoms with Gasteiger partial charge in [0.2, 0.25) is 0 Å². The molecule has 0 radical (unpaired) electrons. The van der Waals surface area contributed by atoms with E-state index >= 15 is 0 Å². The summed E-state index contributed by atoms with van der Waals surface area (Å²) in [5.74, 6) is 1.68. The molecule has 158 valence electrons. The minimum absolute atomic E-state index is 0.0636. The molecule has 1 N–H and O–H groups in total. The first-order chi connectivity index (χ1) is 14.8. The highest BCUT2D eigenvalue weighted by Gasteiger charge is 2.30. The number of nitrogens with one attached hydrogen (secondary N) is 1. The predicted molar refractivity (Wildman–Crippen MR) is 116 cm³/mol. The van der Waals surface area contributed by atoms with Crippen molar-refractivity contribution in [2.24, 2.45) is 0 Å². The highest BCUT2D eigenvalue weighted by Crippen LogP contribution is 2.31. The average Bonchev–Trinajstić information content (AvgIpc) is 3.34. The number of pyridine rings is 1. The van der Waals surface area contributed by atoms with E-state index in [4.69, 9.17) is 9.97 Å². The Hall–Kier alpha value is -2.70. The van der Waals surface area contributed by atoms with Crippen LogP contribution in [0.25, 0.3) is 11.5 Å². The Bertz CT molecular complexity index is 890. The molecule has 2 amide bonds. The number of hydrogen-bond donors (Lipinski definition) is 1. The Labute approximate surface area is 177 Å². The summed E-state index contributed by atoms with van der Waals surface area (Å²) < 4.78 is 0. The van der Waals surface area contributed by atoms with Crippen LogP contribution in [0.4, 0.5) is 10.6 Å². The summed E-state index contributed by atoms with van der Waals surface area (Å²) in [6.45, 7) is 3.31. The minimum atomic E-state index is 0.0636. The monoisotopic (exact) mass is 406 g/mol. The maximum atomic E-state index is 12.9. The summed E-state index contributed by atoms with van der Waals surface area (Å²) in [5, 5.41) is 3.27. The summed E-state index contributed by atoms with van der Waals surface area (Å²) in [7, 11) is 0. The van der Waals surface area contributed by atoms with Gasteiger partial charge in [0.15, 0.2) is 5.82 Å². The Balaban J connectivity index is 1.41. The van der Waals surface area contributed by atoms with Crippen molar-refractivity contribution in [3.8, 4) is 11.5 Å². The molecule has 2 aromatic heterocycles. The van der Waals surface area contributed by atoms with Crippen LogP contribution in [0.2, 0.25) is 0 Å². The van der Waals surface area contributed by atoms with Gasteiger partial charge in [0.05, 0.1) is 12.2 Å². The van der Waals surface area contributed by atoms with Crippen molar-refractivity contribution in [3.05, 3.63) is 35.7 Å². The highest BCUT2D eigenvalue weighted by atomic mass is 16.2. The molecule has 0 atom stereocenters. The summed E-state index contributed by atoms with van der Waals surface area (Å²) in [5.41, 5.74) is 2.98. The minimum Gasteiger partial charge on any atom is -0.356 e. The number of amides is 2. The number of fused-ring (bicyclic) bond motifs is 1. The van der Waals surface area contributed by atoms with Crippen LogP contribution in [0, 0.1) is 0 Å². The van der Waals surface area contributed by atoms with E-state index in [0.717, 1.165) is 55.1 Å². The largest absolute Gasteiger partial charge is 0.356 e. The highest BCUT2D eigenvalue weighted by molar-refractivity contribution is 5.75. The smallest absolute Gasteiger partial charge is 0.317 e. The van der Waals surface area contributed by atoms with E-state index in [0.29, 0.717) is 25.0 Å². The van der Waals surface area contributed by atoms with Crippen molar-refractivity contribution >= 4 is 11.8 Å². The first-order valence-corrected chi connectivity index (χ1v) is 11.4. The number of nitrogens with zero attached hydrogens (tertiary/aromatic N) is 5. The zero-order chi connectivity index (χ0) is 20.3. The van der Waals surface area contributed by atoms with E-state index in [1.54, 1.807) is 6.20 Å². The van der Waals surface area contributed by atoms with Crippen molar-refractivity contribution in [3.63, 3.8) is 0 Å². The molecular weight excluding hydrogens is 376 g/mol. The maximum Gasteiger partial charge on any atom is 0.317 e. The van der Waals surface area contributed by atoms with Gasteiger partial charge >= 0.3 is 6.03 Å². The normalized spacial score (nSPS) is 19.6. The van der Waals surface area contributed by atoms with Crippen molar-refractivity contribution < 1.29 is 4.79 Å². The van der Waals surface area contributed by atoms with Gasteiger partial charge in [0.25, 0.3) is 0 Å². The van der Waals surface area contributed by atoms with Crippen LogP contribution in [0.1, 0.15) is 56.2 Å². The van der Waals surface area contributed by atoms with Gasteiger partial charge < -0.3 is 15.1 Å². The van der Waals surface area contributed by atoms with Gasteiger partial charge in [-0.25, -0.2) is 14.8 Å². The second-order valence-electron chi connectivity index (χ2n) is 8.66. The lowest BCUT2D eigenvalue weighted by molar-refractivity contribution is 0.184. The molecular formula is C23H30N6O. The van der Waals surface area contributed by atoms with Crippen LogP contribution in [-0.2, 0) is 13.0 Å². The molecule has 0 bridgehead atoms. The Kier molecular flexibility index (Phi) is 5.51. The third-order valence-electron chi connectivity index (χ3n) is 6.56.